The van der Waals surface area contributed by atoms with Crippen LogP contribution >= 0.6 is 0 Å². The number of methoxy groups -OCH3 is 1. The summed E-state index contributed by atoms with van der Waals surface area (Å²) in [6.45, 7) is 1.79. The zero-order chi connectivity index (χ0) is 23.5. The predicted octanol–water partition coefficient (Wildman–Crippen LogP) is 3.05. The number of nitrogens with one attached hydrogen (secondary N) is 2. The summed E-state index contributed by atoms with van der Waals surface area (Å²) in [5, 5.41) is 12.4. The van der Waals surface area contributed by atoms with Crippen molar-refractivity contribution in [3.8, 4) is 11.5 Å². The third kappa shape index (κ3) is 5.01. The molecule has 0 aliphatic heterocycles. The maximum atomic E-state index is 12.9. The van der Waals surface area contributed by atoms with E-state index in [9.17, 15) is 26.7 Å². The number of hydrogen-bond donors (Lipinski definition) is 3. The highest BCUT2D eigenvalue weighted by molar-refractivity contribution is 7.91. The number of phenolic OH excluding ortho intramolecular Hbond substituents is 1. The SMILES string of the molecule is COc1ccc(S(=O)(=O)c2cc(NC(=O)NS(=O)(=O)c3ccc(C)cc3)ccc2O)cc1. The lowest BCUT2D eigenvalue weighted by Gasteiger charge is -2.12. The Morgan fingerprint density at radius 2 is 1.47 bits per heavy atom. The fourth-order valence-corrected chi connectivity index (χ4v) is 5.03. The number of aromatic hydroxyl groups is 1. The number of aryl methyl sites for hydroxylation is 1. The predicted molar refractivity (Wildman–Crippen MR) is 117 cm³/mol. The maximum absolute atomic E-state index is 12.9. The number of anilines is 1. The number of benzene rings is 3. The normalized spacial score (nSPS) is 11.6. The van der Waals surface area contributed by atoms with Gasteiger partial charge in [-0.05, 0) is 61.5 Å². The molecular weight excluding hydrogens is 456 g/mol. The number of carbonyl (C=O) groups is 1. The van der Waals surface area contributed by atoms with Crippen LogP contribution in [0.25, 0.3) is 0 Å². The average Bonchev–Trinajstić information content (AvgIpc) is 2.75. The first-order valence-electron chi connectivity index (χ1n) is 9.15. The molecule has 0 spiro atoms. The van der Waals surface area contributed by atoms with Crippen LogP contribution in [0.1, 0.15) is 5.56 Å². The number of hydrogen-bond acceptors (Lipinski definition) is 7. The molecule has 3 aromatic rings. The number of urea groups is 1. The van der Waals surface area contributed by atoms with Crippen molar-refractivity contribution < 1.29 is 31.5 Å². The highest BCUT2D eigenvalue weighted by Gasteiger charge is 2.23. The van der Waals surface area contributed by atoms with E-state index in [1.807, 2.05) is 4.72 Å². The highest BCUT2D eigenvalue weighted by Crippen LogP contribution is 2.31. The minimum absolute atomic E-state index is 0.0357. The molecule has 2 amide bonds. The first-order chi connectivity index (χ1) is 15.0. The molecule has 32 heavy (non-hydrogen) atoms. The topological polar surface area (TPSA) is 139 Å². The summed E-state index contributed by atoms with van der Waals surface area (Å²) in [5.41, 5.74) is 0.814. The van der Waals surface area contributed by atoms with E-state index in [2.05, 4.69) is 5.32 Å². The number of phenols is 1. The molecule has 3 rings (SSSR count). The Morgan fingerprint density at radius 3 is 2.06 bits per heavy atom. The summed E-state index contributed by atoms with van der Waals surface area (Å²) in [4.78, 5) is 11.6. The summed E-state index contributed by atoms with van der Waals surface area (Å²) < 4.78 is 57.4. The third-order valence-electron chi connectivity index (χ3n) is 4.44. The fourth-order valence-electron chi connectivity index (χ4n) is 2.74. The zero-order valence-electron chi connectivity index (χ0n) is 17.1. The van der Waals surface area contributed by atoms with Crippen molar-refractivity contribution in [3.05, 3.63) is 72.3 Å². The largest absolute Gasteiger partial charge is 0.507 e. The van der Waals surface area contributed by atoms with Gasteiger partial charge in [-0.1, -0.05) is 17.7 Å². The van der Waals surface area contributed by atoms with Gasteiger partial charge in [0.25, 0.3) is 10.0 Å². The lowest BCUT2D eigenvalue weighted by atomic mass is 10.2. The molecule has 0 unspecified atom stereocenters. The van der Waals surface area contributed by atoms with Crippen LogP contribution in [0.2, 0.25) is 0 Å². The summed E-state index contributed by atoms with van der Waals surface area (Å²) >= 11 is 0. The number of rotatable bonds is 6. The van der Waals surface area contributed by atoms with Crippen LogP contribution in [0.3, 0.4) is 0 Å². The fraction of sp³-hybridized carbons (Fsp3) is 0.0952. The van der Waals surface area contributed by atoms with Crippen LogP contribution in [0, 0.1) is 6.92 Å². The molecule has 0 saturated heterocycles. The van der Waals surface area contributed by atoms with Crippen LogP contribution in [-0.2, 0) is 19.9 Å². The third-order valence-corrected chi connectivity index (χ3v) is 7.58. The number of sulfone groups is 1. The van der Waals surface area contributed by atoms with E-state index in [4.69, 9.17) is 4.74 Å². The molecule has 3 aromatic carbocycles. The van der Waals surface area contributed by atoms with E-state index >= 15 is 0 Å². The molecule has 0 fully saturated rings. The molecule has 0 aliphatic rings. The van der Waals surface area contributed by atoms with Crippen molar-refractivity contribution in [1.82, 2.24) is 4.72 Å². The number of ether oxygens (including phenoxy) is 1. The van der Waals surface area contributed by atoms with Crippen molar-refractivity contribution in [2.45, 2.75) is 21.6 Å². The van der Waals surface area contributed by atoms with Gasteiger partial charge >= 0.3 is 6.03 Å². The Balaban J connectivity index is 1.83. The Morgan fingerprint density at radius 1 is 0.875 bits per heavy atom. The van der Waals surface area contributed by atoms with Crippen LogP contribution in [-0.4, -0.2) is 35.1 Å². The van der Waals surface area contributed by atoms with Gasteiger partial charge in [-0.3, -0.25) is 0 Å². The van der Waals surface area contributed by atoms with E-state index in [1.165, 1.54) is 49.6 Å². The zero-order valence-corrected chi connectivity index (χ0v) is 18.7. The Kier molecular flexibility index (Phi) is 6.42. The Hall–Kier alpha value is -3.57. The second-order valence-corrected chi connectivity index (χ2v) is 10.3. The summed E-state index contributed by atoms with van der Waals surface area (Å²) in [6.07, 6.45) is 0. The first-order valence-corrected chi connectivity index (χ1v) is 12.1. The number of sulfonamides is 1. The van der Waals surface area contributed by atoms with Crippen molar-refractivity contribution in [1.29, 1.82) is 0 Å². The van der Waals surface area contributed by atoms with E-state index in [0.717, 1.165) is 17.7 Å². The van der Waals surface area contributed by atoms with Crippen molar-refractivity contribution in [3.63, 3.8) is 0 Å². The maximum Gasteiger partial charge on any atom is 0.333 e. The van der Waals surface area contributed by atoms with Gasteiger partial charge in [-0.2, -0.15) is 0 Å². The minimum Gasteiger partial charge on any atom is -0.507 e. The number of carbonyl (C=O) groups excluding carboxylic acids is 1. The van der Waals surface area contributed by atoms with Gasteiger partial charge in [0.2, 0.25) is 9.84 Å². The standard InChI is InChI=1S/C21H20N2O7S2/c1-14-3-8-18(9-4-14)32(28,29)23-21(25)22-15-5-12-19(24)20(13-15)31(26,27)17-10-6-16(30-2)7-11-17/h3-13,24H,1-2H3,(H2,22,23,25). The van der Waals surface area contributed by atoms with Gasteiger partial charge in [0, 0.05) is 5.69 Å². The van der Waals surface area contributed by atoms with E-state index in [-0.39, 0.29) is 15.5 Å². The molecule has 0 aromatic heterocycles. The summed E-state index contributed by atoms with van der Waals surface area (Å²) in [7, 11) is -6.83. The van der Waals surface area contributed by atoms with Gasteiger partial charge in [-0.25, -0.2) is 26.4 Å². The molecule has 11 heteroatoms. The molecule has 0 atom stereocenters. The molecule has 9 nitrogen and oxygen atoms in total. The van der Waals surface area contributed by atoms with Crippen molar-refractivity contribution in [2.24, 2.45) is 0 Å². The molecule has 0 heterocycles. The van der Waals surface area contributed by atoms with E-state index in [1.54, 1.807) is 19.1 Å². The van der Waals surface area contributed by atoms with Gasteiger partial charge in [0.05, 0.1) is 16.9 Å². The minimum atomic E-state index is -4.13. The van der Waals surface area contributed by atoms with Crippen LogP contribution in [0.4, 0.5) is 10.5 Å². The highest BCUT2D eigenvalue weighted by atomic mass is 32.2. The lowest BCUT2D eigenvalue weighted by Crippen LogP contribution is -2.34. The van der Waals surface area contributed by atoms with Crippen molar-refractivity contribution >= 4 is 31.6 Å². The second-order valence-electron chi connectivity index (χ2n) is 6.73. The molecule has 0 bridgehead atoms. The summed E-state index contributed by atoms with van der Waals surface area (Å²) in [5.74, 6) is -0.0749. The van der Waals surface area contributed by atoms with Crippen LogP contribution in [0.15, 0.2) is 81.4 Å². The molecule has 0 radical (unpaired) electrons. The smallest absolute Gasteiger partial charge is 0.333 e. The van der Waals surface area contributed by atoms with E-state index in [0.29, 0.717) is 5.75 Å². The quantitative estimate of drug-likeness (QED) is 0.465. The van der Waals surface area contributed by atoms with E-state index < -0.39 is 36.5 Å². The first kappa shape index (κ1) is 23.1. The number of amides is 2. The van der Waals surface area contributed by atoms with Gasteiger partial charge in [-0.15, -0.1) is 0 Å². The average molecular weight is 477 g/mol. The monoisotopic (exact) mass is 476 g/mol. The van der Waals surface area contributed by atoms with Gasteiger partial charge in [0.1, 0.15) is 16.4 Å². The van der Waals surface area contributed by atoms with Crippen LogP contribution < -0.4 is 14.8 Å². The van der Waals surface area contributed by atoms with Crippen LogP contribution in [0.5, 0.6) is 11.5 Å². The molecule has 0 aliphatic carbocycles. The molecule has 168 valence electrons. The molecule has 3 N–H and O–H groups in total. The van der Waals surface area contributed by atoms with Gasteiger partial charge < -0.3 is 15.2 Å². The second kappa shape index (κ2) is 8.89. The lowest BCUT2D eigenvalue weighted by molar-refractivity contribution is 0.256. The van der Waals surface area contributed by atoms with Crippen molar-refractivity contribution in [2.75, 3.05) is 12.4 Å². The molecular formula is C21H20N2O7S2. The molecule has 0 saturated carbocycles. The Bertz CT molecular complexity index is 1350. The van der Waals surface area contributed by atoms with Gasteiger partial charge in [0.15, 0.2) is 0 Å². The Labute approximate surface area is 185 Å². The summed E-state index contributed by atoms with van der Waals surface area (Å²) in [6, 6.07) is 13.7.